The Labute approximate surface area is 382 Å². The van der Waals surface area contributed by atoms with Gasteiger partial charge in [-0.25, -0.2) is 13.8 Å². The summed E-state index contributed by atoms with van der Waals surface area (Å²) in [5.74, 6) is 1.71. The number of aromatic nitrogens is 3. The normalized spacial score (nSPS) is 14.9. The first-order valence-electron chi connectivity index (χ1n) is 21.6. The number of hydrogen-bond donors (Lipinski definition) is 4. The number of pyridine rings is 3. The highest BCUT2D eigenvalue weighted by molar-refractivity contribution is 6.29. The second-order valence-corrected chi connectivity index (χ2v) is 16.8. The second-order valence-electron chi connectivity index (χ2n) is 16.4. The Morgan fingerprint density at radius 3 is 1.71 bits per heavy atom. The number of morpholine rings is 2. The van der Waals surface area contributed by atoms with Gasteiger partial charge in [-0.2, -0.15) is 0 Å². The zero-order chi connectivity index (χ0) is 45.3. The van der Waals surface area contributed by atoms with Crippen LogP contribution in [0.1, 0.15) is 27.9 Å². The van der Waals surface area contributed by atoms with E-state index in [9.17, 15) is 18.4 Å². The molecule has 0 unspecified atom stereocenters. The molecule has 66 heavy (non-hydrogen) atoms. The fourth-order valence-electron chi connectivity index (χ4n) is 8.70. The molecule has 336 valence electrons. The fourth-order valence-corrected chi connectivity index (χ4v) is 8.88. The summed E-state index contributed by atoms with van der Waals surface area (Å²) in [6, 6.07) is 29.4. The number of nitrogens with zero attached hydrogens (tertiary/aromatic N) is 3. The average Bonchev–Trinajstić information content (AvgIpc) is 3.32. The summed E-state index contributed by atoms with van der Waals surface area (Å²) in [7, 11) is 0. The van der Waals surface area contributed by atoms with Crippen LogP contribution in [0.15, 0.2) is 113 Å². The molecule has 3 aromatic heterocycles. The van der Waals surface area contributed by atoms with Gasteiger partial charge in [0.2, 0.25) is 11.1 Å². The average molecular weight is 912 g/mol. The molecule has 0 aliphatic carbocycles. The topological polar surface area (TPSA) is 160 Å². The second kappa shape index (κ2) is 18.4. The third kappa shape index (κ3) is 9.31. The maximum Gasteiger partial charge on any atom is 0.250 e. The summed E-state index contributed by atoms with van der Waals surface area (Å²) in [5, 5.41) is 3.80. The number of anilines is 4. The van der Waals surface area contributed by atoms with Crippen LogP contribution >= 0.6 is 11.6 Å². The van der Waals surface area contributed by atoms with Gasteiger partial charge in [0, 0.05) is 107 Å². The molecule has 11 rings (SSSR count). The van der Waals surface area contributed by atoms with Gasteiger partial charge in [0.1, 0.15) is 39.8 Å². The Bertz CT molecular complexity index is 3100. The number of rotatable bonds is 7. The number of nitrogen functional groups attached to an aromatic ring is 1. The number of H-pyrrole nitrogens is 2. The predicted molar refractivity (Wildman–Crippen MR) is 251 cm³/mol. The van der Waals surface area contributed by atoms with E-state index in [1.807, 2.05) is 54.6 Å². The van der Waals surface area contributed by atoms with Crippen molar-refractivity contribution in [3.05, 3.63) is 169 Å². The number of fused-ring (bicyclic) bond motifs is 4. The Hall–Kier alpha value is -7.20. The number of halogens is 3. The van der Waals surface area contributed by atoms with E-state index >= 15 is 0 Å². The van der Waals surface area contributed by atoms with Gasteiger partial charge in [-0.05, 0) is 84.9 Å². The minimum atomic E-state index is -0.389. The molecule has 4 aliphatic rings. The van der Waals surface area contributed by atoms with Crippen molar-refractivity contribution in [2.45, 2.75) is 19.4 Å². The molecule has 16 heteroatoms. The molecule has 0 radical (unpaired) electrons. The van der Waals surface area contributed by atoms with Gasteiger partial charge in [0.15, 0.2) is 0 Å². The van der Waals surface area contributed by atoms with Gasteiger partial charge in [-0.3, -0.25) is 9.59 Å². The van der Waals surface area contributed by atoms with E-state index in [0.717, 1.165) is 39.4 Å². The maximum absolute atomic E-state index is 14.8. The molecule has 7 aromatic rings. The van der Waals surface area contributed by atoms with Crippen molar-refractivity contribution < 1.29 is 27.7 Å². The summed E-state index contributed by atoms with van der Waals surface area (Å²) in [6.45, 7) is 5.73. The van der Waals surface area contributed by atoms with Crippen molar-refractivity contribution in [3.63, 3.8) is 0 Å². The van der Waals surface area contributed by atoms with Crippen molar-refractivity contribution in [3.8, 4) is 45.5 Å². The fraction of sp³-hybridized carbons (Fsp3) is 0.220. The van der Waals surface area contributed by atoms with E-state index in [1.165, 1.54) is 24.3 Å². The van der Waals surface area contributed by atoms with Crippen molar-refractivity contribution in [1.29, 1.82) is 0 Å². The van der Waals surface area contributed by atoms with Crippen LogP contribution in [0, 0.1) is 11.6 Å². The minimum absolute atomic E-state index is 0.244. The standard InChI is InChI=1S/C28H24ClFN4O3.C22H20FN3O3/c29-26-3-1-2-21(32-26)16-31-20-4-5-25-17(12-20)10-18-11-19(30)13-23(28(18)37-25)24-14-22(15-27(35)33-24)34-6-8-36-9-7-34;23-15-8-14-7-13-9-16(24)1-2-20(13)29-22(14)18(10-15)19-11-17(12-21(27)25-19)26-3-5-28-6-4-26/h1-5,11-15,31H,6-10,16H2,(H,33,35);1-2,8-12H,3-7,24H2,(H,25,27). The maximum atomic E-state index is 14.8. The summed E-state index contributed by atoms with van der Waals surface area (Å²) >= 11 is 5.98. The van der Waals surface area contributed by atoms with Gasteiger partial charge in [0.25, 0.3) is 0 Å². The molecule has 4 aliphatic heterocycles. The first kappa shape index (κ1) is 42.7. The van der Waals surface area contributed by atoms with E-state index in [4.69, 9.17) is 36.3 Å². The van der Waals surface area contributed by atoms with Crippen molar-refractivity contribution in [2.24, 2.45) is 0 Å². The van der Waals surface area contributed by atoms with Gasteiger partial charge in [0.05, 0.1) is 50.1 Å². The smallest absolute Gasteiger partial charge is 0.250 e. The van der Waals surface area contributed by atoms with E-state index in [2.05, 4.69) is 30.1 Å². The van der Waals surface area contributed by atoms with Gasteiger partial charge < -0.3 is 49.8 Å². The largest absolute Gasteiger partial charge is 0.456 e. The molecule has 13 nitrogen and oxygen atoms in total. The number of ether oxygens (including phenoxy) is 4. The van der Waals surface area contributed by atoms with Crippen molar-refractivity contribution in [2.75, 3.05) is 73.5 Å². The quantitative estimate of drug-likeness (QED) is 0.0895. The Morgan fingerprint density at radius 2 is 1.17 bits per heavy atom. The van der Waals surface area contributed by atoms with Crippen LogP contribution in [0.5, 0.6) is 23.0 Å². The van der Waals surface area contributed by atoms with E-state index in [-0.39, 0.29) is 22.8 Å². The molecule has 7 heterocycles. The number of hydrogen-bond acceptors (Lipinski definition) is 11. The number of nitrogens with two attached hydrogens (primary N) is 1. The zero-order valence-corrected chi connectivity index (χ0v) is 36.4. The molecule has 5 N–H and O–H groups in total. The van der Waals surface area contributed by atoms with E-state index in [1.54, 1.807) is 24.3 Å². The first-order valence-corrected chi connectivity index (χ1v) is 22.0. The highest BCUT2D eigenvalue weighted by atomic mass is 35.5. The van der Waals surface area contributed by atoms with Crippen LogP contribution in [0.4, 0.5) is 31.5 Å². The monoisotopic (exact) mass is 911 g/mol. The molecule has 2 saturated heterocycles. The van der Waals surface area contributed by atoms with Gasteiger partial charge in [-0.1, -0.05) is 17.7 Å². The molecule has 0 bridgehead atoms. The lowest BCUT2D eigenvalue weighted by molar-refractivity contribution is 0.122. The molecule has 0 spiro atoms. The first-order chi connectivity index (χ1) is 32.1. The number of benzene rings is 4. The summed E-state index contributed by atoms with van der Waals surface area (Å²) in [5.41, 5.74) is 14.6. The predicted octanol–water partition coefficient (Wildman–Crippen LogP) is 8.67. The van der Waals surface area contributed by atoms with Crippen LogP contribution < -0.4 is 41.4 Å². The molecule has 0 atom stereocenters. The summed E-state index contributed by atoms with van der Waals surface area (Å²) in [4.78, 5) is 39.1. The molecule has 0 amide bonds. The Balaban J connectivity index is 0.000000160. The van der Waals surface area contributed by atoms with E-state index < -0.39 is 0 Å². The van der Waals surface area contributed by atoms with Crippen molar-refractivity contribution in [1.82, 2.24) is 15.0 Å². The molecular weight excluding hydrogens is 868 g/mol. The van der Waals surface area contributed by atoms with Gasteiger partial charge in [-0.15, -0.1) is 0 Å². The van der Waals surface area contributed by atoms with Crippen LogP contribution in [0.25, 0.3) is 22.5 Å². The molecule has 2 fully saturated rings. The third-order valence-corrected chi connectivity index (χ3v) is 12.0. The molecule has 4 aromatic carbocycles. The van der Waals surface area contributed by atoms with Crippen LogP contribution in [-0.2, 0) is 28.9 Å². The minimum Gasteiger partial charge on any atom is -0.456 e. The van der Waals surface area contributed by atoms with Crippen LogP contribution in [0.3, 0.4) is 0 Å². The number of nitrogens with one attached hydrogen (secondary N) is 3. The SMILES string of the molecule is Nc1ccc2c(c1)Cc1cc(F)cc(-c3cc(N4CCOCC4)cc(=O)[nH]3)c1O2.O=c1cc(N2CCOCC2)cc(-c2cc(F)cc3c2Oc2ccc(NCc4cccc(Cl)n4)cc2C3)[nH]1. The highest BCUT2D eigenvalue weighted by Gasteiger charge is 2.26. The Kier molecular flexibility index (Phi) is 11.9. The number of aromatic amines is 2. The summed E-state index contributed by atoms with van der Waals surface area (Å²) < 4.78 is 52.5. The Morgan fingerprint density at radius 1 is 0.636 bits per heavy atom. The van der Waals surface area contributed by atoms with E-state index in [0.29, 0.717) is 134 Å². The van der Waals surface area contributed by atoms with Crippen LogP contribution in [0.2, 0.25) is 5.15 Å². The van der Waals surface area contributed by atoms with Crippen LogP contribution in [-0.4, -0.2) is 67.6 Å². The molecule has 0 saturated carbocycles. The summed E-state index contributed by atoms with van der Waals surface area (Å²) in [6.07, 6.45) is 1.00. The third-order valence-electron chi connectivity index (χ3n) is 11.8. The van der Waals surface area contributed by atoms with Gasteiger partial charge >= 0.3 is 0 Å². The zero-order valence-electron chi connectivity index (χ0n) is 35.6. The lowest BCUT2D eigenvalue weighted by Gasteiger charge is -2.29. The lowest BCUT2D eigenvalue weighted by Crippen LogP contribution is -2.36. The van der Waals surface area contributed by atoms with Crippen molar-refractivity contribution >= 4 is 34.4 Å². The lowest BCUT2D eigenvalue weighted by atomic mass is 9.95. The molecular formula is C50H44ClF2N7O6. The highest BCUT2D eigenvalue weighted by Crippen LogP contribution is 2.45.